The van der Waals surface area contributed by atoms with Gasteiger partial charge in [0.15, 0.2) is 5.13 Å². The van der Waals surface area contributed by atoms with E-state index in [9.17, 15) is 0 Å². The standard InChI is InChI=1S/C21H25ClN6S/c1-13-4-5-17(19(22)24-13)12-28-8-6-16(7-9-28)20-25-14(2)10-18(26-20)27-21-23-11-15(3)29-21/h4-5,10-11,16H,6-9,12H2,1-3H3,(H,23,25,26,27). The number of halogens is 1. The second-order valence-electron chi connectivity index (χ2n) is 7.61. The van der Waals surface area contributed by atoms with E-state index in [4.69, 9.17) is 21.6 Å². The Morgan fingerprint density at radius 1 is 1.10 bits per heavy atom. The normalized spacial score (nSPS) is 15.6. The molecule has 1 aliphatic rings. The molecular formula is C21H25ClN6S. The molecule has 0 saturated carbocycles. The van der Waals surface area contributed by atoms with Crippen molar-refractivity contribution >= 4 is 33.9 Å². The van der Waals surface area contributed by atoms with Crippen molar-refractivity contribution in [1.82, 2.24) is 24.8 Å². The Hall–Kier alpha value is -2.09. The van der Waals surface area contributed by atoms with Crippen LogP contribution in [0.15, 0.2) is 24.4 Å². The third kappa shape index (κ3) is 5.10. The van der Waals surface area contributed by atoms with Crippen molar-refractivity contribution in [2.45, 2.75) is 46.1 Å². The number of rotatable bonds is 5. The molecule has 0 spiro atoms. The number of piperidine rings is 1. The van der Waals surface area contributed by atoms with E-state index in [1.165, 1.54) is 4.88 Å². The van der Waals surface area contributed by atoms with Crippen LogP contribution in [0.2, 0.25) is 5.15 Å². The molecule has 0 aromatic carbocycles. The SMILES string of the molecule is Cc1cc(Nc2ncc(C)s2)nc(C2CCN(Cc3ccc(C)nc3Cl)CC2)n1. The number of hydrogen-bond acceptors (Lipinski definition) is 7. The Labute approximate surface area is 180 Å². The van der Waals surface area contributed by atoms with Gasteiger partial charge in [0.1, 0.15) is 16.8 Å². The largest absolute Gasteiger partial charge is 0.316 e. The van der Waals surface area contributed by atoms with Gasteiger partial charge in [-0.25, -0.2) is 19.9 Å². The van der Waals surface area contributed by atoms with Gasteiger partial charge in [0.25, 0.3) is 0 Å². The summed E-state index contributed by atoms with van der Waals surface area (Å²) in [4.78, 5) is 21.9. The zero-order chi connectivity index (χ0) is 20.4. The maximum absolute atomic E-state index is 6.31. The van der Waals surface area contributed by atoms with Crippen molar-refractivity contribution < 1.29 is 0 Å². The van der Waals surface area contributed by atoms with Crippen molar-refractivity contribution in [3.63, 3.8) is 0 Å². The molecule has 1 aliphatic heterocycles. The Bertz CT molecular complexity index is 997. The minimum atomic E-state index is 0.372. The number of nitrogens with zero attached hydrogens (tertiary/aromatic N) is 5. The summed E-state index contributed by atoms with van der Waals surface area (Å²) in [6.07, 6.45) is 3.94. The van der Waals surface area contributed by atoms with E-state index in [0.717, 1.165) is 66.2 Å². The highest BCUT2D eigenvalue weighted by Gasteiger charge is 2.24. The van der Waals surface area contributed by atoms with E-state index >= 15 is 0 Å². The summed E-state index contributed by atoms with van der Waals surface area (Å²) in [5.41, 5.74) is 3.02. The maximum atomic E-state index is 6.31. The minimum absolute atomic E-state index is 0.372. The zero-order valence-electron chi connectivity index (χ0n) is 16.9. The van der Waals surface area contributed by atoms with Gasteiger partial charge in [0, 0.05) is 46.6 Å². The van der Waals surface area contributed by atoms with Crippen LogP contribution in [0.1, 0.15) is 46.4 Å². The van der Waals surface area contributed by atoms with Crippen LogP contribution in [-0.4, -0.2) is 37.9 Å². The van der Waals surface area contributed by atoms with E-state index in [0.29, 0.717) is 11.1 Å². The first kappa shape index (κ1) is 20.2. The lowest BCUT2D eigenvalue weighted by Gasteiger charge is -2.31. The van der Waals surface area contributed by atoms with Crippen molar-refractivity contribution in [3.8, 4) is 0 Å². The van der Waals surface area contributed by atoms with Gasteiger partial charge < -0.3 is 5.32 Å². The molecule has 0 radical (unpaired) electrons. The molecule has 0 bridgehead atoms. The Morgan fingerprint density at radius 3 is 2.59 bits per heavy atom. The molecule has 0 atom stereocenters. The summed E-state index contributed by atoms with van der Waals surface area (Å²) >= 11 is 7.93. The van der Waals surface area contributed by atoms with E-state index in [1.807, 2.05) is 39.1 Å². The van der Waals surface area contributed by atoms with Gasteiger partial charge >= 0.3 is 0 Å². The van der Waals surface area contributed by atoms with Crippen LogP contribution >= 0.6 is 22.9 Å². The van der Waals surface area contributed by atoms with E-state index in [2.05, 4.69) is 26.3 Å². The summed E-state index contributed by atoms with van der Waals surface area (Å²) in [5, 5.41) is 4.80. The fourth-order valence-electron chi connectivity index (χ4n) is 3.62. The first-order valence-electron chi connectivity index (χ1n) is 9.85. The van der Waals surface area contributed by atoms with Crippen LogP contribution in [0.5, 0.6) is 0 Å². The molecule has 0 unspecified atom stereocenters. The molecule has 3 aromatic heterocycles. The predicted molar refractivity (Wildman–Crippen MR) is 118 cm³/mol. The smallest absolute Gasteiger partial charge is 0.188 e. The lowest BCUT2D eigenvalue weighted by molar-refractivity contribution is 0.201. The topological polar surface area (TPSA) is 66.8 Å². The summed E-state index contributed by atoms with van der Waals surface area (Å²) in [6, 6.07) is 6.08. The number of hydrogen-bond donors (Lipinski definition) is 1. The molecule has 4 rings (SSSR count). The predicted octanol–water partition coefficient (Wildman–Crippen LogP) is 5.03. The molecule has 152 valence electrons. The van der Waals surface area contributed by atoms with Gasteiger partial charge in [-0.3, -0.25) is 4.90 Å². The summed E-state index contributed by atoms with van der Waals surface area (Å²) in [7, 11) is 0. The maximum Gasteiger partial charge on any atom is 0.188 e. The summed E-state index contributed by atoms with van der Waals surface area (Å²) in [5.74, 6) is 2.12. The van der Waals surface area contributed by atoms with E-state index in [1.54, 1.807) is 11.3 Å². The fraction of sp³-hybridized carbons (Fsp3) is 0.429. The molecule has 3 aromatic rings. The lowest BCUT2D eigenvalue weighted by atomic mass is 9.95. The number of pyridine rings is 1. The third-order valence-corrected chi connectivity index (χ3v) is 6.30. The molecular weight excluding hydrogens is 404 g/mol. The highest BCUT2D eigenvalue weighted by molar-refractivity contribution is 7.15. The first-order valence-corrected chi connectivity index (χ1v) is 11.0. The quantitative estimate of drug-likeness (QED) is 0.575. The van der Waals surface area contributed by atoms with E-state index in [-0.39, 0.29) is 0 Å². The molecule has 1 N–H and O–H groups in total. The summed E-state index contributed by atoms with van der Waals surface area (Å²) in [6.45, 7) is 8.87. The van der Waals surface area contributed by atoms with Crippen molar-refractivity contribution in [3.05, 3.63) is 57.2 Å². The highest BCUT2D eigenvalue weighted by atomic mass is 35.5. The average molecular weight is 429 g/mol. The van der Waals surface area contributed by atoms with Crippen molar-refractivity contribution in [2.24, 2.45) is 0 Å². The average Bonchev–Trinajstić information content (AvgIpc) is 3.09. The number of likely N-dealkylation sites (tertiary alicyclic amines) is 1. The minimum Gasteiger partial charge on any atom is -0.316 e. The molecule has 8 heteroatoms. The molecule has 1 saturated heterocycles. The van der Waals surface area contributed by atoms with Crippen LogP contribution in [-0.2, 0) is 6.54 Å². The van der Waals surface area contributed by atoms with Crippen LogP contribution in [0.25, 0.3) is 0 Å². The van der Waals surface area contributed by atoms with Crippen LogP contribution in [0, 0.1) is 20.8 Å². The van der Waals surface area contributed by atoms with Gasteiger partial charge in [-0.1, -0.05) is 17.7 Å². The van der Waals surface area contributed by atoms with Gasteiger partial charge in [0.05, 0.1) is 0 Å². The molecule has 4 heterocycles. The van der Waals surface area contributed by atoms with Gasteiger partial charge in [-0.05, 0) is 52.8 Å². The van der Waals surface area contributed by atoms with E-state index < -0.39 is 0 Å². The second kappa shape index (κ2) is 8.73. The molecule has 0 amide bonds. The third-order valence-electron chi connectivity index (χ3n) is 5.14. The number of nitrogens with one attached hydrogen (secondary N) is 1. The van der Waals surface area contributed by atoms with Crippen molar-refractivity contribution in [2.75, 3.05) is 18.4 Å². The van der Waals surface area contributed by atoms with Gasteiger partial charge in [-0.15, -0.1) is 11.3 Å². The number of anilines is 2. The molecule has 29 heavy (non-hydrogen) atoms. The number of aryl methyl sites for hydroxylation is 3. The molecule has 6 nitrogen and oxygen atoms in total. The number of aromatic nitrogens is 4. The Morgan fingerprint density at radius 2 is 1.90 bits per heavy atom. The first-order chi connectivity index (χ1) is 14.0. The highest BCUT2D eigenvalue weighted by Crippen LogP contribution is 2.29. The van der Waals surface area contributed by atoms with Crippen molar-refractivity contribution in [1.29, 1.82) is 0 Å². The van der Waals surface area contributed by atoms with Crippen LogP contribution < -0.4 is 5.32 Å². The molecule has 1 fully saturated rings. The lowest BCUT2D eigenvalue weighted by Crippen LogP contribution is -2.33. The number of thiazole rings is 1. The second-order valence-corrected chi connectivity index (χ2v) is 9.20. The molecule has 0 aliphatic carbocycles. The van der Waals surface area contributed by atoms with Gasteiger partial charge in [-0.2, -0.15) is 0 Å². The van der Waals surface area contributed by atoms with Crippen LogP contribution in [0.4, 0.5) is 10.9 Å². The monoisotopic (exact) mass is 428 g/mol. The summed E-state index contributed by atoms with van der Waals surface area (Å²) < 4.78 is 0. The Kier molecular flexibility index (Phi) is 6.08. The van der Waals surface area contributed by atoms with Crippen LogP contribution in [0.3, 0.4) is 0 Å². The van der Waals surface area contributed by atoms with Gasteiger partial charge in [0.2, 0.25) is 0 Å². The Balaban J connectivity index is 1.40. The zero-order valence-corrected chi connectivity index (χ0v) is 18.5. The fourth-order valence-corrected chi connectivity index (χ4v) is 4.55.